The van der Waals surface area contributed by atoms with E-state index in [1.807, 2.05) is 0 Å². The second kappa shape index (κ2) is 5.85. The number of ether oxygens (including phenoxy) is 1. The molecule has 1 aromatic heterocycles. The van der Waals surface area contributed by atoms with Crippen LogP contribution in [0.25, 0.3) is 0 Å². The quantitative estimate of drug-likeness (QED) is 0.351. The van der Waals surface area contributed by atoms with E-state index in [0.29, 0.717) is 10.4 Å². The van der Waals surface area contributed by atoms with E-state index in [9.17, 15) is 14.9 Å². The summed E-state index contributed by atoms with van der Waals surface area (Å²) in [6, 6.07) is 0. The topological polar surface area (TPSA) is 100 Å². The van der Waals surface area contributed by atoms with Gasteiger partial charge in [-0.05, 0) is 26.1 Å². The highest BCUT2D eigenvalue weighted by Crippen LogP contribution is 2.09. The van der Waals surface area contributed by atoms with E-state index in [0.717, 1.165) is 6.33 Å². The second-order valence-corrected chi connectivity index (χ2v) is 4.67. The number of hydrogen-bond donors (Lipinski definition) is 0. The molecule has 0 aliphatic carbocycles. The molecule has 0 aromatic carbocycles. The molecule has 82 valence electrons. The molecule has 0 saturated heterocycles. The van der Waals surface area contributed by atoms with E-state index < -0.39 is 17.0 Å². The number of carbonyl (C=O) groups is 1. The molecule has 0 N–H and O–H groups in total. The second-order valence-electron chi connectivity index (χ2n) is 2.17. The summed E-state index contributed by atoms with van der Waals surface area (Å²) >= 11 is 2.06. The molecular formula is C5H5IN4O4S. The third kappa shape index (κ3) is 3.62. The molecule has 0 atom stereocenters. The lowest BCUT2D eigenvalue weighted by Crippen LogP contribution is -2.15. The summed E-state index contributed by atoms with van der Waals surface area (Å²) in [7, 11) is 1.49. The van der Waals surface area contributed by atoms with Crippen molar-refractivity contribution in [2.45, 2.75) is 0 Å². The summed E-state index contributed by atoms with van der Waals surface area (Å²) in [4.78, 5) is 23.9. The van der Waals surface area contributed by atoms with Crippen LogP contribution >= 0.6 is 30.1 Å². The average Bonchev–Trinajstić information content (AvgIpc) is 2.66. The molecule has 1 heterocycles. The fraction of sp³-hybridized carbons (Fsp3) is 0.400. The summed E-state index contributed by atoms with van der Waals surface area (Å²) in [6.45, 7) is 0.222. The normalized spacial score (nSPS) is 9.93. The summed E-state index contributed by atoms with van der Waals surface area (Å²) < 4.78 is 5.43. The zero-order chi connectivity index (χ0) is 11.3. The van der Waals surface area contributed by atoms with Crippen LogP contribution in [0.4, 0.5) is 10.7 Å². The Balaban J connectivity index is 2.54. The van der Waals surface area contributed by atoms with Gasteiger partial charge in [0.1, 0.15) is 6.61 Å². The van der Waals surface area contributed by atoms with Gasteiger partial charge in [-0.25, -0.2) is 4.79 Å². The summed E-state index contributed by atoms with van der Waals surface area (Å²) in [6.07, 6.45) is 0.165. The van der Waals surface area contributed by atoms with Gasteiger partial charge in [-0.1, -0.05) is 18.6 Å². The fourth-order valence-corrected chi connectivity index (χ4v) is 1.34. The van der Waals surface area contributed by atoms with E-state index >= 15 is 0 Å². The molecule has 0 aliphatic heterocycles. The van der Waals surface area contributed by atoms with Crippen LogP contribution in [-0.2, 0) is 4.74 Å². The first-order valence-electron chi connectivity index (χ1n) is 3.62. The largest absolute Gasteiger partial charge is 0.491 e. The number of aromatic nitrogens is 3. The minimum atomic E-state index is -0.787. The van der Waals surface area contributed by atoms with Crippen LogP contribution in [0.3, 0.4) is 0 Å². The number of nitro groups is 1. The van der Waals surface area contributed by atoms with Crippen LogP contribution in [0.5, 0.6) is 0 Å². The van der Waals surface area contributed by atoms with Gasteiger partial charge in [-0.2, -0.15) is 0 Å². The van der Waals surface area contributed by atoms with Crippen LogP contribution in [0.2, 0.25) is 0 Å². The van der Waals surface area contributed by atoms with Crippen molar-refractivity contribution in [3.63, 3.8) is 0 Å². The zero-order valence-electron chi connectivity index (χ0n) is 7.20. The van der Waals surface area contributed by atoms with Gasteiger partial charge < -0.3 is 14.9 Å². The van der Waals surface area contributed by atoms with Gasteiger partial charge in [-0.3, -0.25) is 0 Å². The summed E-state index contributed by atoms with van der Waals surface area (Å²) in [5.41, 5.74) is 0. The predicted octanol–water partition coefficient (Wildman–Crippen LogP) is 1.25. The highest BCUT2D eigenvalue weighted by atomic mass is 127. The fourth-order valence-electron chi connectivity index (χ4n) is 0.653. The summed E-state index contributed by atoms with van der Waals surface area (Å²) in [5, 5.41) is 13.5. The number of nitrogens with zero attached hydrogens (tertiary/aromatic N) is 4. The third-order valence-electron chi connectivity index (χ3n) is 1.22. The van der Waals surface area contributed by atoms with Crippen molar-refractivity contribution in [2.24, 2.45) is 0 Å². The first-order chi connectivity index (χ1) is 7.15. The van der Waals surface area contributed by atoms with Gasteiger partial charge in [-0.15, -0.1) is 0 Å². The van der Waals surface area contributed by atoms with Crippen molar-refractivity contribution in [2.75, 3.05) is 12.4 Å². The van der Waals surface area contributed by atoms with Crippen molar-refractivity contribution in [3.8, 4) is 0 Å². The lowest BCUT2D eigenvalue weighted by Gasteiger charge is -1.98. The molecule has 0 spiro atoms. The molecular weight excluding hydrogens is 339 g/mol. The van der Waals surface area contributed by atoms with Crippen LogP contribution in [0, 0.1) is 10.1 Å². The Hall–Kier alpha value is -0.910. The Morgan fingerprint density at radius 1 is 1.80 bits per heavy atom. The minimum Gasteiger partial charge on any atom is -0.446 e. The van der Waals surface area contributed by atoms with Crippen molar-refractivity contribution in [1.29, 1.82) is 0 Å². The van der Waals surface area contributed by atoms with E-state index in [1.54, 1.807) is 0 Å². The molecule has 0 aliphatic rings. The van der Waals surface area contributed by atoms with Crippen molar-refractivity contribution >= 4 is 42.2 Å². The first-order valence-corrected chi connectivity index (χ1v) is 7.14. The van der Waals surface area contributed by atoms with Gasteiger partial charge >= 0.3 is 12.0 Å². The van der Waals surface area contributed by atoms with E-state index in [-0.39, 0.29) is 6.61 Å². The molecule has 0 amide bonds. The van der Waals surface area contributed by atoms with Gasteiger partial charge in [0.15, 0.2) is 0 Å². The van der Waals surface area contributed by atoms with Crippen LogP contribution in [0.1, 0.15) is 0 Å². The van der Waals surface area contributed by atoms with Crippen LogP contribution in [-0.4, -0.2) is 38.1 Å². The van der Waals surface area contributed by atoms with Crippen molar-refractivity contribution < 1.29 is 14.5 Å². The molecule has 8 nitrogen and oxygen atoms in total. The van der Waals surface area contributed by atoms with E-state index in [1.165, 1.54) is 8.93 Å². The number of halogens is 1. The zero-order valence-corrected chi connectivity index (χ0v) is 10.2. The van der Waals surface area contributed by atoms with E-state index in [4.69, 9.17) is 4.74 Å². The molecule has 0 saturated carbocycles. The molecule has 0 unspecified atom stereocenters. The Kier molecular flexibility index (Phi) is 4.74. The number of hydrogen-bond acceptors (Lipinski definition) is 7. The highest BCUT2D eigenvalue weighted by Gasteiger charge is 2.18. The number of rotatable bonds is 4. The smallest absolute Gasteiger partial charge is 0.446 e. The third-order valence-corrected chi connectivity index (χ3v) is 2.86. The Morgan fingerprint density at radius 3 is 3.07 bits per heavy atom. The SMILES string of the molecule is O=C(OCCSI)n1cnc([N+](=O)[O-])n1. The Bertz CT molecular complexity index is 370. The van der Waals surface area contributed by atoms with Gasteiger partial charge in [0.05, 0.1) is 0 Å². The molecule has 10 heteroatoms. The Morgan fingerprint density at radius 2 is 2.53 bits per heavy atom. The van der Waals surface area contributed by atoms with E-state index in [2.05, 4.69) is 31.3 Å². The van der Waals surface area contributed by atoms with Gasteiger partial charge in [0.2, 0.25) is 6.33 Å². The lowest BCUT2D eigenvalue weighted by molar-refractivity contribution is -0.394. The van der Waals surface area contributed by atoms with Gasteiger partial charge in [0, 0.05) is 10.9 Å². The maximum absolute atomic E-state index is 11.2. The predicted molar refractivity (Wildman–Crippen MR) is 59.9 cm³/mol. The minimum absolute atomic E-state index is 0.222. The van der Waals surface area contributed by atoms with Gasteiger partial charge in [0.25, 0.3) is 0 Å². The standard InChI is InChI=1S/C5H5IN4O4S/c6-15-2-1-14-5(11)9-3-7-4(8-9)10(12)13/h3H,1-2H2. The Labute approximate surface area is 100 Å². The first kappa shape index (κ1) is 12.2. The molecule has 1 rings (SSSR count). The van der Waals surface area contributed by atoms with Crippen LogP contribution < -0.4 is 0 Å². The molecule has 0 bridgehead atoms. The van der Waals surface area contributed by atoms with Crippen molar-refractivity contribution in [1.82, 2.24) is 14.8 Å². The molecule has 0 radical (unpaired) electrons. The monoisotopic (exact) mass is 344 g/mol. The average molecular weight is 344 g/mol. The summed E-state index contributed by atoms with van der Waals surface area (Å²) in [5.74, 6) is 0.0125. The highest BCUT2D eigenvalue weighted by molar-refractivity contribution is 14.2. The molecule has 15 heavy (non-hydrogen) atoms. The van der Waals surface area contributed by atoms with Crippen LogP contribution in [0.15, 0.2) is 6.33 Å². The maximum atomic E-state index is 11.2. The van der Waals surface area contributed by atoms with Crippen molar-refractivity contribution in [3.05, 3.63) is 16.4 Å². The maximum Gasteiger partial charge on any atom is 0.491 e. The number of carbonyl (C=O) groups excluding carboxylic acids is 1. The molecule has 1 aromatic rings. The molecule has 0 fully saturated rings. The lowest BCUT2D eigenvalue weighted by atomic mass is 10.8.